The Morgan fingerprint density at radius 1 is 1.30 bits per heavy atom. The highest BCUT2D eigenvalue weighted by molar-refractivity contribution is 8.00. The van der Waals surface area contributed by atoms with E-state index in [-0.39, 0.29) is 58.2 Å². The minimum Gasteiger partial charge on any atom is -0.484 e. The van der Waals surface area contributed by atoms with E-state index >= 15 is 0 Å². The number of furan rings is 1. The summed E-state index contributed by atoms with van der Waals surface area (Å²) in [7, 11) is 0. The number of carbonyl (C=O) groups excluding carboxylic acids is 3. The molecule has 2 amide bonds. The van der Waals surface area contributed by atoms with Crippen molar-refractivity contribution in [1.29, 1.82) is 0 Å². The number of nitrogens with one attached hydrogen (secondary N) is 1. The van der Waals surface area contributed by atoms with Crippen LogP contribution in [0.15, 0.2) is 46.0 Å². The van der Waals surface area contributed by atoms with Crippen LogP contribution in [0.2, 0.25) is 5.02 Å². The fourth-order valence-corrected chi connectivity index (χ4v) is 5.14. The summed E-state index contributed by atoms with van der Waals surface area (Å²) < 4.78 is 15.8. The van der Waals surface area contributed by atoms with E-state index in [0.29, 0.717) is 0 Å². The van der Waals surface area contributed by atoms with Crippen LogP contribution in [0.25, 0.3) is 0 Å². The molecule has 1 saturated heterocycles. The molecular formula is C22H18ClN3O10S. The van der Waals surface area contributed by atoms with Crippen molar-refractivity contribution in [2.45, 2.75) is 24.9 Å². The Hall–Kier alpha value is -4.04. The quantitative estimate of drug-likeness (QED) is 0.202. The second kappa shape index (κ2) is 10.5. The van der Waals surface area contributed by atoms with Gasteiger partial charge in [0.2, 0.25) is 0 Å². The molecule has 0 saturated carbocycles. The van der Waals surface area contributed by atoms with E-state index in [1.54, 1.807) is 0 Å². The first-order chi connectivity index (χ1) is 17.6. The lowest BCUT2D eigenvalue weighted by molar-refractivity contribution is -0.384. The fraction of sp³-hybridized carbons (Fsp3) is 0.273. The molecule has 15 heteroatoms. The summed E-state index contributed by atoms with van der Waals surface area (Å²) >= 11 is 7.23. The molecule has 2 aliphatic rings. The maximum atomic E-state index is 12.7. The van der Waals surface area contributed by atoms with Gasteiger partial charge in [0.1, 0.15) is 41.8 Å². The minimum absolute atomic E-state index is 0.0584. The summed E-state index contributed by atoms with van der Waals surface area (Å²) in [5.74, 6) is -2.91. The average Bonchev–Trinajstić information content (AvgIpc) is 3.33. The van der Waals surface area contributed by atoms with Crippen molar-refractivity contribution >= 4 is 52.8 Å². The highest BCUT2D eigenvalue weighted by Crippen LogP contribution is 2.40. The maximum Gasteiger partial charge on any atom is 0.352 e. The number of amides is 2. The number of carbonyl (C=O) groups is 4. The van der Waals surface area contributed by atoms with Gasteiger partial charge in [-0.05, 0) is 18.2 Å². The van der Waals surface area contributed by atoms with Gasteiger partial charge in [0.25, 0.3) is 17.5 Å². The number of benzene rings is 1. The molecule has 0 bridgehead atoms. The highest BCUT2D eigenvalue weighted by atomic mass is 35.5. The third-order valence-corrected chi connectivity index (χ3v) is 7.02. The van der Waals surface area contributed by atoms with Gasteiger partial charge in [-0.25, -0.2) is 4.79 Å². The first-order valence-electron chi connectivity index (χ1n) is 10.6. The molecule has 2 aromatic rings. The van der Waals surface area contributed by atoms with Crippen LogP contribution in [0, 0.1) is 10.1 Å². The lowest BCUT2D eigenvalue weighted by Crippen LogP contribution is -2.70. The summed E-state index contributed by atoms with van der Waals surface area (Å²) in [5.41, 5.74) is -0.197. The van der Waals surface area contributed by atoms with Gasteiger partial charge >= 0.3 is 11.9 Å². The van der Waals surface area contributed by atoms with Gasteiger partial charge < -0.3 is 24.3 Å². The van der Waals surface area contributed by atoms with E-state index in [1.807, 2.05) is 0 Å². The molecule has 0 spiro atoms. The van der Waals surface area contributed by atoms with Crippen molar-refractivity contribution in [3.63, 3.8) is 0 Å². The Labute approximate surface area is 217 Å². The Balaban J connectivity index is 1.39. The molecule has 1 aromatic carbocycles. The summed E-state index contributed by atoms with van der Waals surface area (Å²) in [6.07, 6.45) is 0. The molecule has 1 aromatic heterocycles. The molecule has 2 aliphatic heterocycles. The molecule has 37 heavy (non-hydrogen) atoms. The minimum atomic E-state index is -1.34. The number of non-ortho nitro benzene ring substituents is 1. The van der Waals surface area contributed by atoms with Crippen molar-refractivity contribution in [1.82, 2.24) is 10.2 Å². The number of aliphatic carboxylic acids is 1. The molecule has 0 radical (unpaired) electrons. The van der Waals surface area contributed by atoms with Crippen molar-refractivity contribution in [2.24, 2.45) is 0 Å². The molecular weight excluding hydrogens is 534 g/mol. The van der Waals surface area contributed by atoms with Crippen LogP contribution in [-0.2, 0) is 25.7 Å². The number of rotatable bonds is 9. The largest absolute Gasteiger partial charge is 0.484 e. The topological polar surface area (TPSA) is 179 Å². The lowest BCUT2D eigenvalue weighted by atomic mass is 10.0. The number of carboxylic acid groups (broad SMARTS) is 1. The van der Waals surface area contributed by atoms with Crippen LogP contribution in [0.5, 0.6) is 5.75 Å². The molecule has 2 atom stereocenters. The third-order valence-electron chi connectivity index (χ3n) is 5.37. The van der Waals surface area contributed by atoms with Gasteiger partial charge in [-0.2, -0.15) is 0 Å². The number of nitro benzene ring substituents is 1. The summed E-state index contributed by atoms with van der Waals surface area (Å²) in [6, 6.07) is 5.53. The predicted molar refractivity (Wildman–Crippen MR) is 127 cm³/mol. The second-order valence-electron chi connectivity index (χ2n) is 7.82. The average molecular weight is 552 g/mol. The second-order valence-corrected chi connectivity index (χ2v) is 9.34. The van der Waals surface area contributed by atoms with Crippen molar-refractivity contribution in [2.75, 3.05) is 12.4 Å². The van der Waals surface area contributed by atoms with Crippen molar-refractivity contribution in [3.8, 4) is 5.75 Å². The summed E-state index contributed by atoms with van der Waals surface area (Å²) in [4.78, 5) is 59.7. The Bertz CT molecular complexity index is 1340. The standard InChI is InChI=1S/C22H18ClN3O10S/c1-10(27)34-7-11-9-37-21-17(20(29)25(21)18(11)22(30)31)24-19(28)15-5-3-13(36-15)8-35-16-6-12(26(32)33)2-4-14(16)23/h2-6,17,21H,7-9H2,1H3,(H,24,28)(H,30,31)/t17-,21-/m1/s1. The lowest BCUT2D eigenvalue weighted by Gasteiger charge is -2.49. The van der Waals surface area contributed by atoms with Gasteiger partial charge in [0.05, 0.1) is 16.0 Å². The smallest absolute Gasteiger partial charge is 0.352 e. The number of esters is 1. The Kier molecular flexibility index (Phi) is 7.40. The SMILES string of the molecule is CC(=O)OCC1=C(C(=O)O)N2C(=O)[C@@H](NC(=O)c3ccc(COc4cc([N+](=O)[O-])ccc4Cl)o3)[C@H]2SC1. The summed E-state index contributed by atoms with van der Waals surface area (Å²) in [5, 5.41) is 22.6. The normalized spacial score (nSPS) is 18.5. The molecule has 2 N–H and O–H groups in total. The van der Waals surface area contributed by atoms with E-state index in [9.17, 15) is 34.4 Å². The van der Waals surface area contributed by atoms with Crippen LogP contribution in [0.4, 0.5) is 5.69 Å². The highest BCUT2D eigenvalue weighted by Gasteiger charge is 2.54. The van der Waals surface area contributed by atoms with Crippen LogP contribution in [0.3, 0.4) is 0 Å². The van der Waals surface area contributed by atoms with Crippen LogP contribution in [0.1, 0.15) is 23.2 Å². The number of β-lactam (4-membered cyclic amide) rings is 1. The van der Waals surface area contributed by atoms with Crippen LogP contribution in [-0.4, -0.2) is 62.5 Å². The van der Waals surface area contributed by atoms with E-state index in [4.69, 9.17) is 25.5 Å². The maximum absolute atomic E-state index is 12.7. The number of nitro groups is 1. The molecule has 13 nitrogen and oxygen atoms in total. The predicted octanol–water partition coefficient (Wildman–Crippen LogP) is 2.34. The number of hydrogen-bond donors (Lipinski definition) is 2. The van der Waals surface area contributed by atoms with Gasteiger partial charge in [0, 0.05) is 24.3 Å². The van der Waals surface area contributed by atoms with Gasteiger partial charge in [-0.3, -0.25) is 29.4 Å². The van der Waals surface area contributed by atoms with E-state index in [0.717, 1.165) is 11.0 Å². The van der Waals surface area contributed by atoms with Gasteiger partial charge in [0.15, 0.2) is 5.76 Å². The van der Waals surface area contributed by atoms with Crippen molar-refractivity contribution < 1.29 is 43.1 Å². The molecule has 194 valence electrons. The number of carboxylic acids is 1. The zero-order chi connectivity index (χ0) is 26.9. The van der Waals surface area contributed by atoms with E-state index < -0.39 is 40.1 Å². The first kappa shape index (κ1) is 26.0. The molecule has 0 aliphatic carbocycles. The van der Waals surface area contributed by atoms with E-state index in [2.05, 4.69) is 5.32 Å². The van der Waals surface area contributed by atoms with Gasteiger partial charge in [-0.15, -0.1) is 11.8 Å². The number of hydrogen-bond acceptors (Lipinski definition) is 10. The number of ether oxygens (including phenoxy) is 2. The Morgan fingerprint density at radius 2 is 2.05 bits per heavy atom. The first-order valence-corrected chi connectivity index (χ1v) is 12.0. The van der Waals surface area contributed by atoms with E-state index in [1.165, 1.54) is 43.0 Å². The van der Waals surface area contributed by atoms with Gasteiger partial charge in [-0.1, -0.05) is 11.6 Å². The number of fused-ring (bicyclic) bond motifs is 1. The molecule has 0 unspecified atom stereocenters. The zero-order valence-electron chi connectivity index (χ0n) is 19.0. The molecule has 1 fully saturated rings. The zero-order valence-corrected chi connectivity index (χ0v) is 20.5. The van der Waals surface area contributed by atoms with Crippen LogP contribution < -0.4 is 10.1 Å². The molecule has 3 heterocycles. The Morgan fingerprint density at radius 3 is 2.73 bits per heavy atom. The van der Waals surface area contributed by atoms with Crippen LogP contribution >= 0.6 is 23.4 Å². The number of thioether (sulfide) groups is 1. The third kappa shape index (κ3) is 5.39. The van der Waals surface area contributed by atoms with Crippen molar-refractivity contribution in [3.05, 3.63) is 68.3 Å². The summed E-state index contributed by atoms with van der Waals surface area (Å²) in [6.45, 7) is 0.756. The molecule has 4 rings (SSSR count). The fourth-order valence-electron chi connectivity index (χ4n) is 3.64. The monoisotopic (exact) mass is 551 g/mol. The number of halogens is 1. The number of nitrogens with zero attached hydrogens (tertiary/aromatic N) is 2.